The molecule has 0 saturated heterocycles. The molecule has 2 rings (SSSR count). The number of aryl methyl sites for hydroxylation is 1. The number of halogens is 3. The van der Waals surface area contributed by atoms with Crippen LogP contribution in [0.15, 0.2) is 30.5 Å². The van der Waals surface area contributed by atoms with Gasteiger partial charge in [-0.1, -0.05) is 29.8 Å². The summed E-state index contributed by atoms with van der Waals surface area (Å²) in [4.78, 5) is 0. The first-order chi connectivity index (χ1) is 9.41. The fourth-order valence-electron chi connectivity index (χ4n) is 2.06. The molecule has 0 atom stereocenters. The molecule has 2 aromatic rings. The lowest BCUT2D eigenvalue weighted by Gasteiger charge is -2.13. The molecule has 1 aromatic carbocycles. The fourth-order valence-corrected chi connectivity index (χ4v) is 2.06. The highest BCUT2D eigenvalue weighted by Crippen LogP contribution is 2.32. The lowest BCUT2D eigenvalue weighted by atomic mass is 10.1. The Morgan fingerprint density at radius 3 is 2.40 bits per heavy atom. The van der Waals surface area contributed by atoms with Gasteiger partial charge in [-0.25, -0.2) is 0 Å². The summed E-state index contributed by atoms with van der Waals surface area (Å²) in [5, 5.41) is 6.60. The summed E-state index contributed by atoms with van der Waals surface area (Å²) in [6.45, 7) is 2.19. The molecule has 20 heavy (non-hydrogen) atoms. The van der Waals surface area contributed by atoms with E-state index < -0.39 is 11.9 Å². The zero-order valence-corrected chi connectivity index (χ0v) is 11.3. The molecule has 0 unspecified atom stereocenters. The van der Waals surface area contributed by atoms with E-state index in [2.05, 4.69) is 10.4 Å². The van der Waals surface area contributed by atoms with Crippen molar-refractivity contribution in [1.29, 1.82) is 0 Å². The summed E-state index contributed by atoms with van der Waals surface area (Å²) in [5.74, 6) is 0. The van der Waals surface area contributed by atoms with Gasteiger partial charge >= 0.3 is 6.18 Å². The van der Waals surface area contributed by atoms with Crippen LogP contribution in [0.25, 0.3) is 0 Å². The number of hydrogen-bond acceptors (Lipinski definition) is 2. The third kappa shape index (κ3) is 3.19. The molecule has 6 heteroatoms. The van der Waals surface area contributed by atoms with Crippen molar-refractivity contribution in [2.45, 2.75) is 26.2 Å². The van der Waals surface area contributed by atoms with Crippen LogP contribution in [0.2, 0.25) is 0 Å². The van der Waals surface area contributed by atoms with Crippen LogP contribution in [0.1, 0.15) is 22.4 Å². The van der Waals surface area contributed by atoms with Crippen LogP contribution in [0.5, 0.6) is 0 Å². The van der Waals surface area contributed by atoms with Gasteiger partial charge in [0.2, 0.25) is 0 Å². The van der Waals surface area contributed by atoms with E-state index in [1.807, 2.05) is 31.2 Å². The molecular formula is C14H16F3N3. The predicted molar refractivity (Wildman–Crippen MR) is 70.3 cm³/mol. The second kappa shape index (κ2) is 5.66. The van der Waals surface area contributed by atoms with Gasteiger partial charge in [-0.05, 0) is 19.5 Å². The van der Waals surface area contributed by atoms with E-state index in [0.29, 0.717) is 0 Å². The Balaban J connectivity index is 2.34. The van der Waals surface area contributed by atoms with E-state index in [-0.39, 0.29) is 18.7 Å². The molecule has 0 aliphatic carbocycles. The topological polar surface area (TPSA) is 29.9 Å². The van der Waals surface area contributed by atoms with Crippen LogP contribution in [-0.4, -0.2) is 16.8 Å². The highest BCUT2D eigenvalue weighted by molar-refractivity contribution is 5.25. The number of benzene rings is 1. The maximum absolute atomic E-state index is 13.1. The van der Waals surface area contributed by atoms with Crippen molar-refractivity contribution in [3.63, 3.8) is 0 Å². The number of nitrogens with zero attached hydrogens (tertiary/aromatic N) is 2. The van der Waals surface area contributed by atoms with Crippen molar-refractivity contribution in [2.75, 3.05) is 7.05 Å². The normalized spacial score (nSPS) is 11.8. The first-order valence-corrected chi connectivity index (χ1v) is 6.24. The van der Waals surface area contributed by atoms with Crippen LogP contribution in [0.4, 0.5) is 13.2 Å². The maximum Gasteiger partial charge on any atom is 0.433 e. The van der Waals surface area contributed by atoms with Crippen molar-refractivity contribution >= 4 is 0 Å². The van der Waals surface area contributed by atoms with Crippen molar-refractivity contribution in [3.05, 3.63) is 52.8 Å². The quantitative estimate of drug-likeness (QED) is 0.935. The van der Waals surface area contributed by atoms with E-state index >= 15 is 0 Å². The van der Waals surface area contributed by atoms with Crippen LogP contribution >= 0.6 is 0 Å². The molecule has 0 aliphatic heterocycles. The second-order valence-electron chi connectivity index (χ2n) is 4.69. The molecule has 0 spiro atoms. The van der Waals surface area contributed by atoms with Gasteiger partial charge in [-0.3, -0.25) is 4.68 Å². The molecular weight excluding hydrogens is 267 g/mol. The van der Waals surface area contributed by atoms with E-state index in [1.54, 1.807) is 7.05 Å². The predicted octanol–water partition coefficient (Wildman–Crippen LogP) is 2.98. The van der Waals surface area contributed by atoms with Gasteiger partial charge < -0.3 is 5.32 Å². The number of aromatic nitrogens is 2. The van der Waals surface area contributed by atoms with Crippen molar-refractivity contribution in [3.8, 4) is 0 Å². The Kier molecular flexibility index (Phi) is 4.13. The largest absolute Gasteiger partial charge is 0.433 e. The monoisotopic (exact) mass is 283 g/mol. The van der Waals surface area contributed by atoms with Crippen molar-refractivity contribution < 1.29 is 13.2 Å². The van der Waals surface area contributed by atoms with Crippen LogP contribution in [0.3, 0.4) is 0 Å². The van der Waals surface area contributed by atoms with Crippen molar-refractivity contribution in [1.82, 2.24) is 15.1 Å². The molecule has 0 bridgehead atoms. The van der Waals surface area contributed by atoms with Gasteiger partial charge in [-0.2, -0.15) is 18.3 Å². The number of hydrogen-bond donors (Lipinski definition) is 1. The summed E-state index contributed by atoms with van der Waals surface area (Å²) in [7, 11) is 1.61. The van der Waals surface area contributed by atoms with Crippen LogP contribution < -0.4 is 5.32 Å². The Labute approximate surface area is 115 Å². The van der Waals surface area contributed by atoms with Gasteiger partial charge in [0.1, 0.15) is 5.69 Å². The second-order valence-corrected chi connectivity index (χ2v) is 4.69. The average molecular weight is 283 g/mol. The highest BCUT2D eigenvalue weighted by atomic mass is 19.4. The summed E-state index contributed by atoms with van der Waals surface area (Å²) in [5.41, 5.74) is 1.33. The maximum atomic E-state index is 13.1. The molecule has 0 saturated carbocycles. The molecule has 1 N–H and O–H groups in total. The third-order valence-corrected chi connectivity index (χ3v) is 3.00. The van der Waals surface area contributed by atoms with Gasteiger partial charge in [-0.15, -0.1) is 0 Å². The van der Waals surface area contributed by atoms with Gasteiger partial charge in [0.25, 0.3) is 0 Å². The van der Waals surface area contributed by atoms with Crippen LogP contribution in [-0.2, 0) is 19.3 Å². The van der Waals surface area contributed by atoms with Crippen LogP contribution in [0, 0.1) is 6.92 Å². The Morgan fingerprint density at radius 1 is 1.20 bits per heavy atom. The molecule has 1 aromatic heterocycles. The van der Waals surface area contributed by atoms with Gasteiger partial charge in [0.15, 0.2) is 0 Å². The van der Waals surface area contributed by atoms with Gasteiger partial charge in [0, 0.05) is 12.1 Å². The van der Waals surface area contributed by atoms with E-state index in [9.17, 15) is 13.2 Å². The minimum atomic E-state index is -4.41. The Bertz CT molecular complexity index is 570. The molecule has 0 radical (unpaired) electrons. The molecule has 1 heterocycles. The number of alkyl halides is 3. The molecule has 108 valence electrons. The minimum Gasteiger partial charge on any atom is -0.316 e. The Hall–Kier alpha value is -1.82. The summed E-state index contributed by atoms with van der Waals surface area (Å²) >= 11 is 0. The van der Waals surface area contributed by atoms with Gasteiger partial charge in [0.05, 0.1) is 12.7 Å². The molecule has 0 aliphatic rings. The lowest BCUT2D eigenvalue weighted by molar-refractivity contribution is -0.144. The first kappa shape index (κ1) is 14.6. The smallest absolute Gasteiger partial charge is 0.316 e. The SMILES string of the molecule is CNCc1cnn(Cc2ccc(C)cc2)c1C(F)(F)F. The van der Waals surface area contributed by atoms with E-state index in [4.69, 9.17) is 0 Å². The third-order valence-electron chi connectivity index (χ3n) is 3.00. The zero-order chi connectivity index (χ0) is 14.8. The molecule has 0 fully saturated rings. The lowest BCUT2D eigenvalue weighted by Crippen LogP contribution is -2.19. The minimum absolute atomic E-state index is 0.110. The average Bonchev–Trinajstić information content (AvgIpc) is 2.75. The zero-order valence-electron chi connectivity index (χ0n) is 11.3. The van der Waals surface area contributed by atoms with E-state index in [0.717, 1.165) is 15.8 Å². The summed E-state index contributed by atoms with van der Waals surface area (Å²) < 4.78 is 40.4. The number of rotatable bonds is 4. The van der Waals surface area contributed by atoms with Crippen molar-refractivity contribution in [2.24, 2.45) is 0 Å². The van der Waals surface area contributed by atoms with E-state index in [1.165, 1.54) is 6.20 Å². The Morgan fingerprint density at radius 2 is 1.85 bits per heavy atom. The summed E-state index contributed by atoms with van der Waals surface area (Å²) in [6, 6.07) is 7.38. The number of nitrogens with one attached hydrogen (secondary N) is 1. The standard InChI is InChI=1S/C14H16F3N3/c1-10-3-5-11(6-4-10)9-20-13(14(15,16)17)12(7-18-2)8-19-20/h3-6,8,18H,7,9H2,1-2H3. The summed E-state index contributed by atoms with van der Waals surface area (Å²) in [6.07, 6.45) is -3.14. The fraction of sp³-hybridized carbons (Fsp3) is 0.357. The first-order valence-electron chi connectivity index (χ1n) is 6.24. The highest BCUT2D eigenvalue weighted by Gasteiger charge is 2.37. The molecule has 3 nitrogen and oxygen atoms in total. The molecule has 0 amide bonds.